The number of hydrogen-bond donors (Lipinski definition) is 2. The predicted octanol–water partition coefficient (Wildman–Crippen LogP) is 0.595. The van der Waals surface area contributed by atoms with Crippen molar-refractivity contribution in [3.8, 4) is 0 Å². The zero-order valence-corrected chi connectivity index (χ0v) is 12.5. The largest absolute Gasteiger partial charge is 0.345 e. The number of rotatable bonds is 4. The minimum Gasteiger partial charge on any atom is -0.345 e. The Morgan fingerprint density at radius 1 is 1.43 bits per heavy atom. The van der Waals surface area contributed by atoms with E-state index in [0.29, 0.717) is 17.9 Å². The van der Waals surface area contributed by atoms with E-state index < -0.39 is 0 Å². The summed E-state index contributed by atoms with van der Waals surface area (Å²) in [6.07, 6.45) is 2.85. The maximum Gasteiger partial charge on any atom is 0.252 e. The van der Waals surface area contributed by atoms with Crippen LogP contribution < -0.4 is 10.2 Å². The molecule has 0 bridgehead atoms. The molecule has 2 amide bonds. The maximum atomic E-state index is 12.4. The van der Waals surface area contributed by atoms with Crippen LogP contribution in [0.2, 0.25) is 0 Å². The molecule has 0 aliphatic carbocycles. The molecule has 118 valence electrons. The second-order valence-corrected chi connectivity index (χ2v) is 5.11. The molecule has 2 heterocycles. The third-order valence-corrected chi connectivity index (χ3v) is 3.73. The Morgan fingerprint density at radius 2 is 2.30 bits per heavy atom. The van der Waals surface area contributed by atoms with Gasteiger partial charge in [0.15, 0.2) is 5.82 Å². The number of carbonyl (C=O) groups is 2. The minimum absolute atomic E-state index is 0.157. The summed E-state index contributed by atoms with van der Waals surface area (Å²) < 4.78 is 0. The highest BCUT2D eigenvalue weighted by molar-refractivity contribution is 6.04. The van der Waals surface area contributed by atoms with Gasteiger partial charge >= 0.3 is 0 Å². The number of amides is 2. The van der Waals surface area contributed by atoms with Crippen LogP contribution in [-0.4, -0.2) is 39.0 Å². The van der Waals surface area contributed by atoms with Gasteiger partial charge in [-0.25, -0.2) is 0 Å². The molecule has 1 aliphatic rings. The van der Waals surface area contributed by atoms with Crippen LogP contribution in [0.5, 0.6) is 0 Å². The van der Waals surface area contributed by atoms with Gasteiger partial charge in [0.2, 0.25) is 5.91 Å². The van der Waals surface area contributed by atoms with Crippen LogP contribution in [0, 0.1) is 0 Å². The van der Waals surface area contributed by atoms with E-state index in [1.54, 1.807) is 17.0 Å². The predicted molar refractivity (Wildman–Crippen MR) is 82.7 cm³/mol. The molecule has 8 nitrogen and oxygen atoms in total. The van der Waals surface area contributed by atoms with Crippen molar-refractivity contribution >= 4 is 17.5 Å². The van der Waals surface area contributed by atoms with Gasteiger partial charge < -0.3 is 10.2 Å². The van der Waals surface area contributed by atoms with Gasteiger partial charge in [0.1, 0.15) is 0 Å². The van der Waals surface area contributed by atoms with Crippen LogP contribution in [0.1, 0.15) is 28.2 Å². The zero-order valence-electron chi connectivity index (χ0n) is 12.5. The monoisotopic (exact) mass is 312 g/mol. The van der Waals surface area contributed by atoms with E-state index in [1.165, 1.54) is 6.08 Å². The molecule has 1 aliphatic heterocycles. The zero-order chi connectivity index (χ0) is 16.2. The number of tetrazole rings is 1. The highest BCUT2D eigenvalue weighted by Gasteiger charge is 2.24. The van der Waals surface area contributed by atoms with E-state index in [-0.39, 0.29) is 18.4 Å². The summed E-state index contributed by atoms with van der Waals surface area (Å²) in [5.74, 6) is 0.0291. The number of fused-ring (bicyclic) bond motifs is 1. The van der Waals surface area contributed by atoms with Crippen LogP contribution in [0.4, 0.5) is 5.69 Å². The molecule has 2 aromatic rings. The van der Waals surface area contributed by atoms with Crippen molar-refractivity contribution < 1.29 is 9.59 Å². The first-order valence-electron chi connectivity index (χ1n) is 7.27. The lowest BCUT2D eigenvalue weighted by molar-refractivity contribution is -0.114. The number of hydrogen-bond acceptors (Lipinski definition) is 5. The van der Waals surface area contributed by atoms with E-state index in [1.807, 2.05) is 6.07 Å². The molecule has 1 aromatic carbocycles. The minimum atomic E-state index is -0.223. The SMILES string of the molecule is C=CC(=O)N1CCCc2c(C(=O)NCc3nn[nH]n3)cccc21. The first-order chi connectivity index (χ1) is 11.2. The number of nitrogens with one attached hydrogen (secondary N) is 2. The molecule has 23 heavy (non-hydrogen) atoms. The quantitative estimate of drug-likeness (QED) is 0.804. The average Bonchev–Trinajstić information content (AvgIpc) is 3.11. The highest BCUT2D eigenvalue weighted by atomic mass is 16.2. The molecule has 0 saturated heterocycles. The molecular weight excluding hydrogens is 296 g/mol. The standard InChI is InChI=1S/C15H16N6O2/c1-2-14(22)21-8-4-6-10-11(5-3-7-12(10)21)15(23)16-9-13-17-19-20-18-13/h2-3,5,7H,1,4,6,8-9H2,(H,16,23)(H,17,18,19,20). The third kappa shape index (κ3) is 2.96. The second-order valence-electron chi connectivity index (χ2n) is 5.11. The molecule has 8 heteroatoms. The van der Waals surface area contributed by atoms with Crippen molar-refractivity contribution in [2.45, 2.75) is 19.4 Å². The van der Waals surface area contributed by atoms with Crippen molar-refractivity contribution in [2.24, 2.45) is 0 Å². The summed E-state index contributed by atoms with van der Waals surface area (Å²) >= 11 is 0. The third-order valence-electron chi connectivity index (χ3n) is 3.73. The number of benzene rings is 1. The van der Waals surface area contributed by atoms with Gasteiger partial charge in [0.25, 0.3) is 5.91 Å². The lowest BCUT2D eigenvalue weighted by atomic mass is 9.95. The Bertz CT molecular complexity index is 740. The molecule has 3 rings (SSSR count). The van der Waals surface area contributed by atoms with E-state index in [0.717, 1.165) is 24.1 Å². The first-order valence-corrected chi connectivity index (χ1v) is 7.27. The Hall–Kier alpha value is -3.03. The number of nitrogens with zero attached hydrogens (tertiary/aromatic N) is 4. The molecule has 0 spiro atoms. The van der Waals surface area contributed by atoms with Gasteiger partial charge in [-0.05, 0) is 36.6 Å². The molecule has 1 aromatic heterocycles. The van der Waals surface area contributed by atoms with Crippen LogP contribution in [0.15, 0.2) is 30.9 Å². The fourth-order valence-corrected chi connectivity index (χ4v) is 2.69. The van der Waals surface area contributed by atoms with E-state index in [2.05, 4.69) is 32.5 Å². The Morgan fingerprint density at radius 3 is 3.04 bits per heavy atom. The normalized spacial score (nSPS) is 13.3. The summed E-state index contributed by atoms with van der Waals surface area (Å²) in [7, 11) is 0. The molecule has 2 N–H and O–H groups in total. The maximum absolute atomic E-state index is 12.4. The smallest absolute Gasteiger partial charge is 0.252 e. The lowest BCUT2D eigenvalue weighted by Gasteiger charge is -2.29. The molecule has 0 saturated carbocycles. The lowest BCUT2D eigenvalue weighted by Crippen LogP contribution is -2.35. The Labute approximate surface area is 132 Å². The van der Waals surface area contributed by atoms with Crippen molar-refractivity contribution in [1.82, 2.24) is 25.9 Å². The fourth-order valence-electron chi connectivity index (χ4n) is 2.69. The summed E-state index contributed by atoms with van der Waals surface area (Å²) in [5, 5.41) is 16.1. The van der Waals surface area contributed by atoms with Crippen LogP contribution in [0.25, 0.3) is 0 Å². The highest BCUT2D eigenvalue weighted by Crippen LogP contribution is 2.30. The number of H-pyrrole nitrogens is 1. The van der Waals surface area contributed by atoms with Gasteiger partial charge in [0, 0.05) is 17.8 Å². The van der Waals surface area contributed by atoms with Gasteiger partial charge in [-0.1, -0.05) is 17.9 Å². The second kappa shape index (κ2) is 6.39. The fraction of sp³-hybridized carbons (Fsp3) is 0.267. The summed E-state index contributed by atoms with van der Waals surface area (Å²) in [5.41, 5.74) is 2.21. The topological polar surface area (TPSA) is 104 Å². The molecule has 0 radical (unpaired) electrons. The van der Waals surface area contributed by atoms with Gasteiger partial charge in [0.05, 0.1) is 6.54 Å². The van der Waals surface area contributed by atoms with Gasteiger partial charge in [-0.3, -0.25) is 9.59 Å². The van der Waals surface area contributed by atoms with E-state index in [4.69, 9.17) is 0 Å². The molecule has 0 unspecified atom stereocenters. The first kappa shape index (κ1) is 14.9. The van der Waals surface area contributed by atoms with Crippen molar-refractivity contribution in [2.75, 3.05) is 11.4 Å². The summed E-state index contributed by atoms with van der Waals surface area (Å²) in [6.45, 7) is 4.35. The summed E-state index contributed by atoms with van der Waals surface area (Å²) in [4.78, 5) is 26.1. The summed E-state index contributed by atoms with van der Waals surface area (Å²) in [6, 6.07) is 5.38. The van der Waals surface area contributed by atoms with Crippen molar-refractivity contribution in [3.63, 3.8) is 0 Å². The number of carbonyl (C=O) groups excluding carboxylic acids is 2. The Balaban J connectivity index is 1.84. The average molecular weight is 312 g/mol. The number of aromatic amines is 1. The van der Waals surface area contributed by atoms with Crippen molar-refractivity contribution in [1.29, 1.82) is 0 Å². The van der Waals surface area contributed by atoms with E-state index >= 15 is 0 Å². The van der Waals surface area contributed by atoms with Crippen LogP contribution in [-0.2, 0) is 17.8 Å². The number of aromatic nitrogens is 4. The molecular formula is C15H16N6O2. The van der Waals surface area contributed by atoms with Crippen LogP contribution >= 0.6 is 0 Å². The van der Waals surface area contributed by atoms with Gasteiger partial charge in [-0.15, -0.1) is 10.2 Å². The number of anilines is 1. The molecule has 0 fully saturated rings. The van der Waals surface area contributed by atoms with Gasteiger partial charge in [-0.2, -0.15) is 5.21 Å². The Kier molecular flexibility index (Phi) is 4.13. The van der Waals surface area contributed by atoms with Crippen molar-refractivity contribution in [3.05, 3.63) is 47.8 Å². The molecule has 0 atom stereocenters. The van der Waals surface area contributed by atoms with E-state index in [9.17, 15) is 9.59 Å². The van der Waals surface area contributed by atoms with Crippen LogP contribution in [0.3, 0.4) is 0 Å².